The third-order valence-corrected chi connectivity index (χ3v) is 3.79. The fraction of sp³-hybridized carbons (Fsp3) is 0.600. The largest absolute Gasteiger partial charge is 0.469 e. The molecule has 0 saturated carbocycles. The standard InChI is InChI=1S/C10H13BrO2/c11-7-10(3-5-12-8-10)6-9-2-1-4-13-9/h1-2,4H,3,5-8H2. The van der Waals surface area contributed by atoms with E-state index in [9.17, 15) is 0 Å². The van der Waals surface area contributed by atoms with Gasteiger partial charge in [0.15, 0.2) is 0 Å². The average Bonchev–Trinajstić information content (AvgIpc) is 2.77. The van der Waals surface area contributed by atoms with Crippen LogP contribution in [0.2, 0.25) is 0 Å². The van der Waals surface area contributed by atoms with Crippen LogP contribution in [0.4, 0.5) is 0 Å². The number of hydrogen-bond acceptors (Lipinski definition) is 2. The van der Waals surface area contributed by atoms with Crippen LogP contribution in [-0.2, 0) is 11.2 Å². The van der Waals surface area contributed by atoms with Gasteiger partial charge < -0.3 is 9.15 Å². The van der Waals surface area contributed by atoms with E-state index in [1.54, 1.807) is 6.26 Å². The molecule has 0 bridgehead atoms. The molecule has 0 aliphatic carbocycles. The Morgan fingerprint density at radius 1 is 1.54 bits per heavy atom. The van der Waals surface area contributed by atoms with Crippen LogP contribution < -0.4 is 0 Å². The minimum absolute atomic E-state index is 0.262. The normalized spacial score (nSPS) is 28.1. The lowest BCUT2D eigenvalue weighted by Gasteiger charge is -2.22. The van der Waals surface area contributed by atoms with Crippen molar-refractivity contribution in [3.63, 3.8) is 0 Å². The average molecular weight is 245 g/mol. The third-order valence-electron chi connectivity index (χ3n) is 2.60. The van der Waals surface area contributed by atoms with Crippen molar-refractivity contribution in [1.82, 2.24) is 0 Å². The van der Waals surface area contributed by atoms with Gasteiger partial charge in [-0.05, 0) is 18.6 Å². The van der Waals surface area contributed by atoms with Crippen molar-refractivity contribution in [3.05, 3.63) is 24.2 Å². The van der Waals surface area contributed by atoms with Crippen LogP contribution >= 0.6 is 15.9 Å². The fourth-order valence-corrected chi connectivity index (χ4v) is 2.36. The number of hydrogen-bond donors (Lipinski definition) is 0. The summed E-state index contributed by atoms with van der Waals surface area (Å²) in [5.74, 6) is 1.06. The summed E-state index contributed by atoms with van der Waals surface area (Å²) in [4.78, 5) is 0. The van der Waals surface area contributed by atoms with Crippen LogP contribution in [0.3, 0.4) is 0 Å². The Morgan fingerprint density at radius 3 is 3.00 bits per heavy atom. The molecular formula is C10H13BrO2. The highest BCUT2D eigenvalue weighted by Crippen LogP contribution is 2.34. The SMILES string of the molecule is BrCC1(Cc2ccco2)CCOC1. The molecule has 1 aliphatic heterocycles. The second-order valence-electron chi connectivity index (χ2n) is 3.69. The molecule has 1 unspecified atom stereocenters. The van der Waals surface area contributed by atoms with Crippen molar-refractivity contribution in [2.24, 2.45) is 5.41 Å². The maximum absolute atomic E-state index is 5.43. The Hall–Kier alpha value is -0.280. The zero-order valence-electron chi connectivity index (χ0n) is 7.46. The topological polar surface area (TPSA) is 22.4 Å². The molecule has 0 radical (unpaired) electrons. The van der Waals surface area contributed by atoms with E-state index < -0.39 is 0 Å². The second-order valence-corrected chi connectivity index (χ2v) is 4.25. The van der Waals surface area contributed by atoms with Gasteiger partial charge in [0.25, 0.3) is 0 Å². The Labute approximate surface area is 86.4 Å². The van der Waals surface area contributed by atoms with Gasteiger partial charge in [0.05, 0.1) is 12.9 Å². The first-order valence-corrected chi connectivity index (χ1v) is 5.63. The predicted octanol–water partition coefficient (Wildman–Crippen LogP) is 2.62. The molecule has 2 nitrogen and oxygen atoms in total. The van der Waals surface area contributed by atoms with Crippen molar-refractivity contribution in [2.75, 3.05) is 18.5 Å². The highest BCUT2D eigenvalue weighted by Gasteiger charge is 2.34. The molecule has 1 aromatic heterocycles. The Morgan fingerprint density at radius 2 is 2.46 bits per heavy atom. The van der Waals surface area contributed by atoms with E-state index in [1.165, 1.54) is 0 Å². The van der Waals surface area contributed by atoms with E-state index in [-0.39, 0.29) is 5.41 Å². The van der Waals surface area contributed by atoms with Crippen molar-refractivity contribution in [2.45, 2.75) is 12.8 Å². The summed E-state index contributed by atoms with van der Waals surface area (Å²) in [6.45, 7) is 1.73. The zero-order valence-corrected chi connectivity index (χ0v) is 9.05. The third kappa shape index (κ3) is 1.97. The molecule has 0 N–H and O–H groups in total. The highest BCUT2D eigenvalue weighted by molar-refractivity contribution is 9.09. The van der Waals surface area contributed by atoms with E-state index in [2.05, 4.69) is 15.9 Å². The van der Waals surface area contributed by atoms with Gasteiger partial charge in [-0.2, -0.15) is 0 Å². The monoisotopic (exact) mass is 244 g/mol. The van der Waals surface area contributed by atoms with Crippen molar-refractivity contribution >= 4 is 15.9 Å². The van der Waals surface area contributed by atoms with Gasteiger partial charge in [-0.3, -0.25) is 0 Å². The predicted molar refractivity (Wildman–Crippen MR) is 54.1 cm³/mol. The minimum Gasteiger partial charge on any atom is -0.469 e. The molecule has 0 spiro atoms. The van der Waals surface area contributed by atoms with Crippen LogP contribution in [0.15, 0.2) is 22.8 Å². The fourth-order valence-electron chi connectivity index (χ4n) is 1.72. The van der Waals surface area contributed by atoms with Gasteiger partial charge in [0.2, 0.25) is 0 Å². The van der Waals surface area contributed by atoms with Gasteiger partial charge in [0, 0.05) is 23.8 Å². The molecule has 1 fully saturated rings. The molecular weight excluding hydrogens is 232 g/mol. The quantitative estimate of drug-likeness (QED) is 0.764. The Balaban J connectivity index is 2.06. The van der Waals surface area contributed by atoms with Gasteiger partial charge in [-0.1, -0.05) is 15.9 Å². The number of alkyl halides is 1. The number of rotatable bonds is 3. The maximum Gasteiger partial charge on any atom is 0.104 e. The summed E-state index contributed by atoms with van der Waals surface area (Å²) in [5.41, 5.74) is 0.262. The first-order chi connectivity index (χ1) is 6.35. The number of furan rings is 1. The zero-order chi connectivity index (χ0) is 9.15. The van der Waals surface area contributed by atoms with E-state index in [0.717, 1.165) is 37.1 Å². The van der Waals surface area contributed by atoms with Crippen LogP contribution in [0, 0.1) is 5.41 Å². The second kappa shape index (κ2) is 3.84. The van der Waals surface area contributed by atoms with Crippen LogP contribution in [-0.4, -0.2) is 18.5 Å². The lowest BCUT2D eigenvalue weighted by molar-refractivity contribution is 0.159. The summed E-state index contributed by atoms with van der Waals surface area (Å²) < 4.78 is 10.8. The Kier molecular flexibility index (Phi) is 2.74. The summed E-state index contributed by atoms with van der Waals surface area (Å²) in [6.07, 6.45) is 3.83. The summed E-state index contributed by atoms with van der Waals surface area (Å²) in [5, 5.41) is 0.987. The molecule has 0 amide bonds. The van der Waals surface area contributed by atoms with E-state index >= 15 is 0 Å². The number of halogens is 1. The lowest BCUT2D eigenvalue weighted by atomic mass is 9.85. The maximum atomic E-state index is 5.43. The molecule has 13 heavy (non-hydrogen) atoms. The van der Waals surface area contributed by atoms with Gasteiger partial charge in [0.1, 0.15) is 5.76 Å². The van der Waals surface area contributed by atoms with Gasteiger partial charge in [-0.25, -0.2) is 0 Å². The summed E-state index contributed by atoms with van der Waals surface area (Å²) in [6, 6.07) is 3.97. The molecule has 2 rings (SSSR count). The summed E-state index contributed by atoms with van der Waals surface area (Å²) >= 11 is 3.56. The molecule has 3 heteroatoms. The van der Waals surface area contributed by atoms with Crippen molar-refractivity contribution < 1.29 is 9.15 Å². The molecule has 1 aliphatic rings. The molecule has 1 aromatic rings. The number of ether oxygens (including phenoxy) is 1. The van der Waals surface area contributed by atoms with Crippen LogP contribution in [0.5, 0.6) is 0 Å². The van der Waals surface area contributed by atoms with Crippen LogP contribution in [0.1, 0.15) is 12.2 Å². The highest BCUT2D eigenvalue weighted by atomic mass is 79.9. The first-order valence-electron chi connectivity index (χ1n) is 4.51. The molecule has 1 saturated heterocycles. The molecule has 0 aromatic carbocycles. The van der Waals surface area contributed by atoms with Gasteiger partial charge >= 0.3 is 0 Å². The molecule has 2 heterocycles. The van der Waals surface area contributed by atoms with Gasteiger partial charge in [-0.15, -0.1) is 0 Å². The smallest absolute Gasteiger partial charge is 0.104 e. The van der Waals surface area contributed by atoms with E-state index in [1.807, 2.05) is 12.1 Å². The van der Waals surface area contributed by atoms with E-state index in [4.69, 9.17) is 9.15 Å². The summed E-state index contributed by atoms with van der Waals surface area (Å²) in [7, 11) is 0. The van der Waals surface area contributed by atoms with E-state index in [0.29, 0.717) is 0 Å². The lowest BCUT2D eigenvalue weighted by Crippen LogP contribution is -2.25. The van der Waals surface area contributed by atoms with Crippen LogP contribution in [0.25, 0.3) is 0 Å². The molecule has 1 atom stereocenters. The first kappa shape index (κ1) is 9.28. The molecule has 72 valence electrons. The van der Waals surface area contributed by atoms with Crippen molar-refractivity contribution in [1.29, 1.82) is 0 Å². The minimum atomic E-state index is 0.262. The Bertz CT molecular complexity index is 250. The van der Waals surface area contributed by atoms with Crippen molar-refractivity contribution in [3.8, 4) is 0 Å².